The first-order valence-electron chi connectivity index (χ1n) is 11.4. The monoisotopic (exact) mass is 479 g/mol. The molecule has 2 saturated heterocycles. The molecule has 35 heavy (non-hydrogen) atoms. The number of nitrogens with zero attached hydrogens (tertiary/aromatic N) is 7. The molecule has 4 heterocycles. The van der Waals surface area contributed by atoms with E-state index in [-0.39, 0.29) is 29.0 Å². The summed E-state index contributed by atoms with van der Waals surface area (Å²) in [5.41, 5.74) is 0.736. The lowest BCUT2D eigenvalue weighted by atomic mass is 9.94. The number of hydrogen-bond acceptors (Lipinski definition) is 7. The molecule has 0 aliphatic carbocycles. The quantitative estimate of drug-likeness (QED) is 0.566. The van der Waals surface area contributed by atoms with Crippen molar-refractivity contribution in [3.05, 3.63) is 65.5 Å². The zero-order chi connectivity index (χ0) is 24.5. The van der Waals surface area contributed by atoms with Crippen molar-refractivity contribution in [1.29, 1.82) is 5.26 Å². The maximum atomic E-state index is 15.3. The van der Waals surface area contributed by atoms with Gasteiger partial charge in [-0.2, -0.15) is 9.65 Å². The number of aromatic nitrogens is 4. The Hall–Kier alpha value is -3.91. The number of rotatable bonds is 4. The molecule has 9 nitrogen and oxygen atoms in total. The summed E-state index contributed by atoms with van der Waals surface area (Å²) in [6, 6.07) is 5.57. The summed E-state index contributed by atoms with van der Waals surface area (Å²) in [6.07, 6.45) is 6.03. The van der Waals surface area contributed by atoms with Crippen molar-refractivity contribution in [3.63, 3.8) is 0 Å². The molecular formula is C24H23F2N7O2. The second-order valence-corrected chi connectivity index (χ2v) is 8.63. The third-order valence-corrected chi connectivity index (χ3v) is 6.51. The number of halogens is 2. The molecule has 2 aliphatic heterocycles. The van der Waals surface area contributed by atoms with Crippen LogP contribution >= 0.6 is 0 Å². The molecule has 2 aliphatic rings. The standard InChI is InChI=1S/C24H23F2N7O2/c1-15-28-5-8-32(15)23-21(26)22(29-14-30-23)31-6-2-17(3-7-31)24(34)33-20(4-9-35-33)18-10-16(13-27)11-19(25)12-18/h5,8,10-12,14,17,20H,2-4,6-7,9H2,1H3/t20-/m0/s1. The van der Waals surface area contributed by atoms with Gasteiger partial charge < -0.3 is 4.90 Å². The van der Waals surface area contributed by atoms with Crippen molar-refractivity contribution in [2.24, 2.45) is 5.92 Å². The van der Waals surface area contributed by atoms with E-state index in [9.17, 15) is 9.18 Å². The van der Waals surface area contributed by atoms with Gasteiger partial charge in [0.2, 0.25) is 11.7 Å². The van der Waals surface area contributed by atoms with Gasteiger partial charge in [-0.1, -0.05) is 0 Å². The molecule has 0 N–H and O–H groups in total. The zero-order valence-electron chi connectivity index (χ0n) is 19.1. The fourth-order valence-corrected chi connectivity index (χ4v) is 4.72. The minimum absolute atomic E-state index is 0.128. The molecule has 0 radical (unpaired) electrons. The summed E-state index contributed by atoms with van der Waals surface area (Å²) in [5, 5.41) is 10.5. The number of carbonyl (C=O) groups excluding carboxylic acids is 1. The summed E-state index contributed by atoms with van der Waals surface area (Å²) >= 11 is 0. The van der Waals surface area contributed by atoms with Crippen molar-refractivity contribution in [2.75, 3.05) is 24.6 Å². The lowest BCUT2D eigenvalue weighted by molar-refractivity contribution is -0.182. The highest BCUT2D eigenvalue weighted by Gasteiger charge is 2.38. The molecule has 1 amide bonds. The molecule has 2 aromatic heterocycles. The maximum absolute atomic E-state index is 15.3. The number of carbonyl (C=O) groups is 1. The highest BCUT2D eigenvalue weighted by atomic mass is 19.1. The van der Waals surface area contributed by atoms with Crippen LogP contribution < -0.4 is 4.90 Å². The topological polar surface area (TPSA) is 100 Å². The first-order valence-corrected chi connectivity index (χ1v) is 11.4. The Kier molecular flexibility index (Phi) is 6.13. The summed E-state index contributed by atoms with van der Waals surface area (Å²) in [5.74, 6) is -0.650. The Morgan fingerprint density at radius 3 is 2.60 bits per heavy atom. The molecule has 180 valence electrons. The molecule has 0 bridgehead atoms. The first-order chi connectivity index (χ1) is 17.0. The molecule has 3 aromatic rings. The van der Waals surface area contributed by atoms with Gasteiger partial charge >= 0.3 is 0 Å². The van der Waals surface area contributed by atoms with E-state index in [1.165, 1.54) is 17.5 Å². The summed E-state index contributed by atoms with van der Waals surface area (Å²) in [4.78, 5) is 33.1. The SMILES string of the molecule is Cc1nccn1-c1ncnc(N2CCC(C(=O)N3OCC[C@H]3c3cc(F)cc(C#N)c3)CC2)c1F. The first kappa shape index (κ1) is 22.9. The Bertz CT molecular complexity index is 1300. The summed E-state index contributed by atoms with van der Waals surface area (Å²) in [6.45, 7) is 2.96. The summed E-state index contributed by atoms with van der Waals surface area (Å²) in [7, 11) is 0. The number of hydroxylamine groups is 2. The molecule has 0 spiro atoms. The van der Waals surface area contributed by atoms with Crippen molar-refractivity contribution >= 4 is 11.7 Å². The van der Waals surface area contributed by atoms with Gasteiger partial charge in [0.05, 0.1) is 24.3 Å². The van der Waals surface area contributed by atoms with Gasteiger partial charge in [0.25, 0.3) is 0 Å². The maximum Gasteiger partial charge on any atom is 0.249 e. The summed E-state index contributed by atoms with van der Waals surface area (Å²) < 4.78 is 30.8. The Labute approximate surface area is 200 Å². The van der Waals surface area contributed by atoms with Gasteiger partial charge in [-0.3, -0.25) is 14.2 Å². The van der Waals surface area contributed by atoms with E-state index in [0.717, 1.165) is 6.07 Å². The molecule has 0 unspecified atom stereocenters. The average molecular weight is 479 g/mol. The molecule has 11 heteroatoms. The third-order valence-electron chi connectivity index (χ3n) is 6.51. The zero-order valence-corrected chi connectivity index (χ0v) is 19.1. The van der Waals surface area contributed by atoms with Crippen LogP contribution in [0.5, 0.6) is 0 Å². The van der Waals surface area contributed by atoms with E-state index in [4.69, 9.17) is 10.1 Å². The normalized spacial score (nSPS) is 18.6. The predicted octanol–water partition coefficient (Wildman–Crippen LogP) is 3.24. The van der Waals surface area contributed by atoms with Crippen LogP contribution in [0.4, 0.5) is 14.6 Å². The van der Waals surface area contributed by atoms with Gasteiger partial charge in [0.15, 0.2) is 11.6 Å². The van der Waals surface area contributed by atoms with Crippen LogP contribution in [0.15, 0.2) is 36.9 Å². The third kappa shape index (κ3) is 4.33. The van der Waals surface area contributed by atoms with Gasteiger partial charge in [0.1, 0.15) is 18.0 Å². The van der Waals surface area contributed by atoms with Crippen LogP contribution in [-0.4, -0.2) is 50.2 Å². The predicted molar refractivity (Wildman–Crippen MR) is 120 cm³/mol. The van der Waals surface area contributed by atoms with E-state index in [2.05, 4.69) is 15.0 Å². The average Bonchev–Trinajstić information content (AvgIpc) is 3.53. The molecular weight excluding hydrogens is 456 g/mol. The lowest BCUT2D eigenvalue weighted by Gasteiger charge is -2.34. The van der Waals surface area contributed by atoms with E-state index < -0.39 is 17.7 Å². The number of nitriles is 1. The van der Waals surface area contributed by atoms with Crippen molar-refractivity contribution < 1.29 is 18.4 Å². The fourth-order valence-electron chi connectivity index (χ4n) is 4.72. The minimum atomic E-state index is -0.541. The molecule has 5 rings (SSSR count). The number of aryl methyl sites for hydroxylation is 1. The van der Waals surface area contributed by atoms with Crippen LogP contribution in [0.2, 0.25) is 0 Å². The number of amides is 1. The molecule has 1 atom stereocenters. The highest BCUT2D eigenvalue weighted by Crippen LogP contribution is 2.35. The van der Waals surface area contributed by atoms with Crippen molar-refractivity contribution in [3.8, 4) is 11.9 Å². The second-order valence-electron chi connectivity index (χ2n) is 8.63. The van der Waals surface area contributed by atoms with Crippen LogP contribution in [0.1, 0.15) is 42.3 Å². The number of imidazole rings is 1. The van der Waals surface area contributed by atoms with E-state index in [1.807, 2.05) is 11.0 Å². The molecule has 1 aromatic carbocycles. The van der Waals surface area contributed by atoms with Crippen LogP contribution in [-0.2, 0) is 9.63 Å². The minimum Gasteiger partial charge on any atom is -0.354 e. The number of piperidine rings is 1. The van der Waals surface area contributed by atoms with Gasteiger partial charge in [-0.25, -0.2) is 24.4 Å². The van der Waals surface area contributed by atoms with E-state index >= 15 is 4.39 Å². The second kappa shape index (κ2) is 9.38. The number of anilines is 1. The largest absolute Gasteiger partial charge is 0.354 e. The molecule has 2 fully saturated rings. The fraction of sp³-hybridized carbons (Fsp3) is 0.375. The van der Waals surface area contributed by atoms with Gasteiger partial charge in [-0.05, 0) is 43.5 Å². The van der Waals surface area contributed by atoms with E-state index in [1.54, 1.807) is 30.0 Å². The Morgan fingerprint density at radius 1 is 1.11 bits per heavy atom. The van der Waals surface area contributed by atoms with Crippen molar-refractivity contribution in [1.82, 2.24) is 24.6 Å². The highest BCUT2D eigenvalue weighted by molar-refractivity contribution is 5.79. The van der Waals surface area contributed by atoms with Gasteiger partial charge in [-0.15, -0.1) is 0 Å². The van der Waals surface area contributed by atoms with Crippen LogP contribution in [0.3, 0.4) is 0 Å². The Morgan fingerprint density at radius 2 is 1.89 bits per heavy atom. The van der Waals surface area contributed by atoms with Crippen LogP contribution in [0, 0.1) is 35.8 Å². The van der Waals surface area contributed by atoms with Crippen LogP contribution in [0.25, 0.3) is 5.82 Å². The van der Waals surface area contributed by atoms with E-state index in [0.29, 0.717) is 50.3 Å². The Balaban J connectivity index is 1.29. The molecule has 0 saturated carbocycles. The lowest BCUT2D eigenvalue weighted by Crippen LogP contribution is -2.42. The van der Waals surface area contributed by atoms with Crippen molar-refractivity contribution in [2.45, 2.75) is 32.2 Å². The number of hydrogen-bond donors (Lipinski definition) is 0. The smallest absolute Gasteiger partial charge is 0.249 e. The van der Waals surface area contributed by atoms with Gasteiger partial charge in [0, 0.05) is 37.8 Å². The number of benzene rings is 1.